The summed E-state index contributed by atoms with van der Waals surface area (Å²) in [5.41, 5.74) is 1.19. The maximum Gasteiger partial charge on any atom is 0.0921 e. The summed E-state index contributed by atoms with van der Waals surface area (Å²) in [6.07, 6.45) is 5.74. The molecule has 0 spiro atoms. The van der Waals surface area contributed by atoms with Gasteiger partial charge in [-0.1, -0.05) is 6.92 Å². The molecule has 2 aromatic rings. The van der Waals surface area contributed by atoms with Gasteiger partial charge in [-0.05, 0) is 25.5 Å². The fraction of sp³-hybridized carbons (Fsp3) is 0.462. The van der Waals surface area contributed by atoms with Gasteiger partial charge in [-0.3, -0.25) is 0 Å². The molecule has 0 fully saturated rings. The highest BCUT2D eigenvalue weighted by Gasteiger charge is 2.07. The smallest absolute Gasteiger partial charge is 0.0921 e. The summed E-state index contributed by atoms with van der Waals surface area (Å²) in [6.45, 7) is 5.40. The second kappa shape index (κ2) is 5.98. The predicted octanol–water partition coefficient (Wildman–Crippen LogP) is 2.93. The Kier molecular flexibility index (Phi) is 4.34. The lowest BCUT2D eigenvalue weighted by Gasteiger charge is -2.11. The van der Waals surface area contributed by atoms with Gasteiger partial charge < -0.3 is 10.3 Å². The maximum atomic E-state index is 4.01. The first kappa shape index (κ1) is 12.3. The second-order valence-electron chi connectivity index (χ2n) is 4.16. The molecule has 0 bridgehead atoms. The normalized spacial score (nSPS) is 12.8. The van der Waals surface area contributed by atoms with Crippen LogP contribution in [0.3, 0.4) is 0 Å². The van der Waals surface area contributed by atoms with E-state index in [1.165, 1.54) is 15.4 Å². The molecule has 0 aromatic carbocycles. The van der Waals surface area contributed by atoms with E-state index >= 15 is 0 Å². The fourth-order valence-electron chi connectivity index (χ4n) is 1.76. The van der Waals surface area contributed by atoms with E-state index in [-0.39, 0.29) is 0 Å². The van der Waals surface area contributed by atoms with Crippen LogP contribution in [0.15, 0.2) is 24.7 Å². The van der Waals surface area contributed by atoms with Crippen molar-refractivity contribution in [2.24, 2.45) is 0 Å². The molecule has 1 unspecified atom stereocenters. The number of hydrogen-bond acceptors (Lipinski definition) is 3. The topological polar surface area (TPSA) is 40.7 Å². The van der Waals surface area contributed by atoms with Crippen LogP contribution < -0.4 is 5.32 Å². The Balaban J connectivity index is 1.78. The summed E-state index contributed by atoms with van der Waals surface area (Å²) >= 11 is 1.91. The van der Waals surface area contributed by atoms with Gasteiger partial charge in [0.2, 0.25) is 0 Å². The van der Waals surface area contributed by atoms with Crippen LogP contribution >= 0.6 is 11.3 Å². The Morgan fingerprint density at radius 2 is 2.35 bits per heavy atom. The molecule has 0 radical (unpaired) electrons. The molecule has 0 saturated carbocycles. The van der Waals surface area contributed by atoms with Gasteiger partial charge in [-0.2, -0.15) is 0 Å². The van der Waals surface area contributed by atoms with E-state index in [9.17, 15) is 0 Å². The lowest BCUT2D eigenvalue weighted by molar-refractivity contribution is 0.582. The minimum absolute atomic E-state index is 0.434. The molecule has 2 rings (SSSR count). The number of nitrogens with one attached hydrogen (secondary N) is 2. The number of imidazole rings is 1. The van der Waals surface area contributed by atoms with Gasteiger partial charge >= 0.3 is 0 Å². The van der Waals surface area contributed by atoms with Crippen molar-refractivity contribution < 1.29 is 0 Å². The van der Waals surface area contributed by atoms with Crippen LogP contribution in [0.25, 0.3) is 0 Å². The first-order valence-corrected chi connectivity index (χ1v) is 6.90. The number of aromatic amines is 1. The van der Waals surface area contributed by atoms with E-state index in [1.807, 2.05) is 17.5 Å². The second-order valence-corrected chi connectivity index (χ2v) is 5.36. The van der Waals surface area contributed by atoms with Crippen LogP contribution in [0.1, 0.15) is 35.3 Å². The summed E-state index contributed by atoms with van der Waals surface area (Å²) in [6, 6.07) is 4.90. The average Bonchev–Trinajstić information content (AvgIpc) is 2.99. The summed E-state index contributed by atoms with van der Waals surface area (Å²) in [5, 5.41) is 3.54. The highest BCUT2D eigenvalue weighted by Crippen LogP contribution is 2.23. The molecule has 92 valence electrons. The van der Waals surface area contributed by atoms with Crippen LogP contribution in [-0.4, -0.2) is 16.5 Å². The molecule has 2 aromatic heterocycles. The molecule has 0 aliphatic carbocycles. The van der Waals surface area contributed by atoms with Gasteiger partial charge in [0.1, 0.15) is 0 Å². The van der Waals surface area contributed by atoms with Crippen molar-refractivity contribution in [1.82, 2.24) is 15.3 Å². The zero-order chi connectivity index (χ0) is 12.1. The van der Waals surface area contributed by atoms with Gasteiger partial charge in [0, 0.05) is 40.7 Å². The molecule has 0 saturated heterocycles. The Morgan fingerprint density at radius 1 is 1.47 bits per heavy atom. The van der Waals surface area contributed by atoms with Gasteiger partial charge in [0.15, 0.2) is 0 Å². The molecule has 0 amide bonds. The summed E-state index contributed by atoms with van der Waals surface area (Å²) in [5.74, 6) is 0. The summed E-state index contributed by atoms with van der Waals surface area (Å²) in [4.78, 5) is 10.0. The van der Waals surface area contributed by atoms with E-state index in [2.05, 4.69) is 41.3 Å². The van der Waals surface area contributed by atoms with E-state index in [0.29, 0.717) is 6.04 Å². The van der Waals surface area contributed by atoms with Crippen molar-refractivity contribution in [3.05, 3.63) is 40.1 Å². The monoisotopic (exact) mass is 249 g/mol. The SMILES string of the molecule is CCc1ccc(C(C)NCCc2cnc[nH]2)s1. The zero-order valence-corrected chi connectivity index (χ0v) is 11.2. The van der Waals surface area contributed by atoms with E-state index < -0.39 is 0 Å². The Bertz CT molecular complexity index is 433. The highest BCUT2D eigenvalue weighted by atomic mass is 32.1. The van der Waals surface area contributed by atoms with Crippen LogP contribution in [0, 0.1) is 0 Å². The standard InChI is InChI=1S/C13H19N3S/c1-3-12-4-5-13(17-12)10(2)15-7-6-11-8-14-9-16-11/h4-5,8-10,15H,3,6-7H2,1-2H3,(H,14,16). The minimum Gasteiger partial charge on any atom is -0.348 e. The molecule has 4 heteroatoms. The third-order valence-electron chi connectivity index (χ3n) is 2.86. The minimum atomic E-state index is 0.434. The molecule has 0 aliphatic rings. The van der Waals surface area contributed by atoms with Crippen molar-refractivity contribution in [2.45, 2.75) is 32.7 Å². The summed E-state index contributed by atoms with van der Waals surface area (Å²) < 4.78 is 0. The highest BCUT2D eigenvalue weighted by molar-refractivity contribution is 7.12. The van der Waals surface area contributed by atoms with Crippen molar-refractivity contribution in [3.63, 3.8) is 0 Å². The Hall–Kier alpha value is -1.13. The predicted molar refractivity (Wildman–Crippen MR) is 72.4 cm³/mol. The third-order valence-corrected chi connectivity index (χ3v) is 4.27. The van der Waals surface area contributed by atoms with Crippen LogP contribution in [0.4, 0.5) is 0 Å². The van der Waals surface area contributed by atoms with Crippen LogP contribution in [0.5, 0.6) is 0 Å². The van der Waals surface area contributed by atoms with Crippen molar-refractivity contribution in [1.29, 1.82) is 0 Å². The van der Waals surface area contributed by atoms with Crippen molar-refractivity contribution in [2.75, 3.05) is 6.54 Å². The molecule has 2 N–H and O–H groups in total. The first-order chi connectivity index (χ1) is 8.29. The molecule has 2 heterocycles. The average molecular weight is 249 g/mol. The number of hydrogen-bond donors (Lipinski definition) is 2. The van der Waals surface area contributed by atoms with Crippen molar-refractivity contribution in [3.8, 4) is 0 Å². The first-order valence-electron chi connectivity index (χ1n) is 6.09. The molecular weight excluding hydrogens is 230 g/mol. The third kappa shape index (κ3) is 3.41. The molecule has 3 nitrogen and oxygen atoms in total. The number of rotatable bonds is 6. The lowest BCUT2D eigenvalue weighted by atomic mass is 10.2. The van der Waals surface area contributed by atoms with Gasteiger partial charge in [-0.15, -0.1) is 11.3 Å². The molecule has 1 atom stereocenters. The van der Waals surface area contributed by atoms with E-state index in [0.717, 1.165) is 19.4 Å². The van der Waals surface area contributed by atoms with Gasteiger partial charge in [-0.25, -0.2) is 4.98 Å². The van der Waals surface area contributed by atoms with Gasteiger partial charge in [0.25, 0.3) is 0 Å². The van der Waals surface area contributed by atoms with E-state index in [4.69, 9.17) is 0 Å². The Morgan fingerprint density at radius 3 is 3.00 bits per heavy atom. The summed E-state index contributed by atoms with van der Waals surface area (Å²) in [7, 11) is 0. The van der Waals surface area contributed by atoms with Crippen molar-refractivity contribution >= 4 is 11.3 Å². The molecule has 17 heavy (non-hydrogen) atoms. The molecular formula is C13H19N3S. The largest absolute Gasteiger partial charge is 0.348 e. The van der Waals surface area contributed by atoms with Crippen LogP contribution in [0.2, 0.25) is 0 Å². The number of nitrogens with zero attached hydrogens (tertiary/aromatic N) is 1. The molecule has 0 aliphatic heterocycles. The quantitative estimate of drug-likeness (QED) is 0.826. The Labute approximate surface area is 106 Å². The fourth-order valence-corrected chi connectivity index (χ4v) is 2.74. The number of aryl methyl sites for hydroxylation is 1. The number of H-pyrrole nitrogens is 1. The number of aromatic nitrogens is 2. The number of thiophene rings is 1. The van der Waals surface area contributed by atoms with E-state index in [1.54, 1.807) is 6.33 Å². The van der Waals surface area contributed by atoms with Crippen LogP contribution in [-0.2, 0) is 12.8 Å². The zero-order valence-electron chi connectivity index (χ0n) is 10.4. The lowest BCUT2D eigenvalue weighted by Crippen LogP contribution is -2.20. The maximum absolute atomic E-state index is 4.01. The van der Waals surface area contributed by atoms with Gasteiger partial charge in [0.05, 0.1) is 6.33 Å².